The first kappa shape index (κ1) is 9.33. The Labute approximate surface area is 93.0 Å². The van der Waals surface area contributed by atoms with E-state index >= 15 is 0 Å². The molecule has 2 heterocycles. The van der Waals surface area contributed by atoms with Crippen LogP contribution in [0.15, 0.2) is 18.2 Å². The minimum atomic E-state index is 0.857. The largest absolute Gasteiger partial charge is 0.497 e. The van der Waals surface area contributed by atoms with Crippen molar-refractivity contribution in [2.75, 3.05) is 7.11 Å². The lowest BCUT2D eigenvalue weighted by Crippen LogP contribution is -2.00. The van der Waals surface area contributed by atoms with E-state index in [1.54, 1.807) is 7.11 Å². The molecule has 0 spiro atoms. The SMILES string of the molecule is COc1ccc2c(c1)CCCn1nnnc1-2. The molecule has 2 aromatic rings. The van der Waals surface area contributed by atoms with Gasteiger partial charge in [-0.15, -0.1) is 5.10 Å². The molecule has 0 saturated carbocycles. The summed E-state index contributed by atoms with van der Waals surface area (Å²) >= 11 is 0. The average molecular weight is 216 g/mol. The molecule has 5 heteroatoms. The molecule has 0 fully saturated rings. The maximum absolute atomic E-state index is 5.23. The zero-order valence-electron chi connectivity index (χ0n) is 9.05. The van der Waals surface area contributed by atoms with Gasteiger partial charge in [0.1, 0.15) is 5.75 Å². The quantitative estimate of drug-likeness (QED) is 0.721. The molecule has 1 aliphatic rings. The maximum atomic E-state index is 5.23. The highest BCUT2D eigenvalue weighted by Crippen LogP contribution is 2.28. The molecule has 1 aromatic carbocycles. The van der Waals surface area contributed by atoms with E-state index in [0.29, 0.717) is 0 Å². The van der Waals surface area contributed by atoms with Gasteiger partial charge in [-0.25, -0.2) is 4.68 Å². The molecule has 0 atom stereocenters. The molecule has 82 valence electrons. The van der Waals surface area contributed by atoms with Gasteiger partial charge < -0.3 is 4.74 Å². The predicted octanol–water partition coefficient (Wildman–Crippen LogP) is 1.29. The third-order valence-electron chi connectivity index (χ3n) is 2.90. The van der Waals surface area contributed by atoms with Crippen LogP contribution in [0.5, 0.6) is 5.75 Å². The van der Waals surface area contributed by atoms with Crippen LogP contribution in [0.4, 0.5) is 0 Å². The van der Waals surface area contributed by atoms with Gasteiger partial charge in [0.15, 0.2) is 5.82 Å². The van der Waals surface area contributed by atoms with Crippen molar-refractivity contribution in [3.63, 3.8) is 0 Å². The van der Waals surface area contributed by atoms with Crippen molar-refractivity contribution in [2.45, 2.75) is 19.4 Å². The molecule has 0 amide bonds. The van der Waals surface area contributed by atoms with Crippen LogP contribution in [0.3, 0.4) is 0 Å². The number of aromatic nitrogens is 4. The van der Waals surface area contributed by atoms with Crippen molar-refractivity contribution in [3.8, 4) is 17.1 Å². The Balaban J connectivity index is 2.18. The summed E-state index contributed by atoms with van der Waals surface area (Å²) in [6, 6.07) is 6.05. The number of benzene rings is 1. The summed E-state index contributed by atoms with van der Waals surface area (Å²) in [4.78, 5) is 0. The highest BCUT2D eigenvalue weighted by molar-refractivity contribution is 5.62. The molecule has 0 saturated heterocycles. The monoisotopic (exact) mass is 216 g/mol. The highest BCUT2D eigenvalue weighted by Gasteiger charge is 2.17. The van der Waals surface area contributed by atoms with Gasteiger partial charge in [-0.2, -0.15) is 0 Å². The van der Waals surface area contributed by atoms with Gasteiger partial charge in [-0.1, -0.05) is 0 Å². The molecule has 0 unspecified atom stereocenters. The van der Waals surface area contributed by atoms with Gasteiger partial charge in [-0.3, -0.25) is 0 Å². The van der Waals surface area contributed by atoms with Crippen LogP contribution in [0.2, 0.25) is 0 Å². The minimum Gasteiger partial charge on any atom is -0.497 e. The zero-order valence-corrected chi connectivity index (χ0v) is 9.05. The second-order valence-electron chi connectivity index (χ2n) is 3.85. The van der Waals surface area contributed by atoms with Crippen molar-refractivity contribution in [2.24, 2.45) is 0 Å². The second kappa shape index (κ2) is 3.59. The standard InChI is InChI=1S/C11H12N4O/c1-16-9-4-5-10-8(7-9)3-2-6-15-11(10)12-13-14-15/h4-5,7H,2-3,6H2,1H3. The molecule has 1 aliphatic heterocycles. The summed E-state index contributed by atoms with van der Waals surface area (Å²) in [5, 5.41) is 11.8. The van der Waals surface area contributed by atoms with E-state index in [1.165, 1.54) is 5.56 Å². The summed E-state index contributed by atoms with van der Waals surface area (Å²) in [6.07, 6.45) is 2.08. The van der Waals surface area contributed by atoms with Gasteiger partial charge in [0, 0.05) is 12.1 Å². The number of aryl methyl sites for hydroxylation is 2. The van der Waals surface area contributed by atoms with Crippen molar-refractivity contribution in [3.05, 3.63) is 23.8 Å². The number of tetrazole rings is 1. The number of hydrogen-bond acceptors (Lipinski definition) is 4. The summed E-state index contributed by atoms with van der Waals surface area (Å²) < 4.78 is 7.09. The molecule has 5 nitrogen and oxygen atoms in total. The molecule has 0 aliphatic carbocycles. The molecule has 1 aromatic heterocycles. The Morgan fingerprint density at radius 1 is 1.38 bits per heavy atom. The highest BCUT2D eigenvalue weighted by atomic mass is 16.5. The van der Waals surface area contributed by atoms with E-state index in [9.17, 15) is 0 Å². The number of hydrogen-bond donors (Lipinski definition) is 0. The minimum absolute atomic E-state index is 0.857. The van der Waals surface area contributed by atoms with Crippen LogP contribution in [0.1, 0.15) is 12.0 Å². The van der Waals surface area contributed by atoms with E-state index in [2.05, 4.69) is 21.6 Å². The number of rotatable bonds is 1. The van der Waals surface area contributed by atoms with Crippen molar-refractivity contribution in [1.29, 1.82) is 0 Å². The second-order valence-corrected chi connectivity index (χ2v) is 3.85. The van der Waals surface area contributed by atoms with Crippen LogP contribution >= 0.6 is 0 Å². The maximum Gasteiger partial charge on any atom is 0.182 e. The first-order valence-corrected chi connectivity index (χ1v) is 5.32. The number of nitrogens with zero attached hydrogens (tertiary/aromatic N) is 4. The predicted molar refractivity (Wildman–Crippen MR) is 58.1 cm³/mol. The number of methoxy groups -OCH3 is 1. The van der Waals surface area contributed by atoms with E-state index < -0.39 is 0 Å². The van der Waals surface area contributed by atoms with Crippen molar-refractivity contribution in [1.82, 2.24) is 20.2 Å². The van der Waals surface area contributed by atoms with Crippen LogP contribution in [0, 0.1) is 0 Å². The fourth-order valence-corrected chi connectivity index (χ4v) is 2.09. The smallest absolute Gasteiger partial charge is 0.182 e. The molecular formula is C11H12N4O. The Bertz CT molecular complexity index is 520. The van der Waals surface area contributed by atoms with Gasteiger partial charge >= 0.3 is 0 Å². The zero-order chi connectivity index (χ0) is 11.0. The molecular weight excluding hydrogens is 204 g/mol. The first-order valence-electron chi connectivity index (χ1n) is 5.32. The topological polar surface area (TPSA) is 52.8 Å². The first-order chi connectivity index (χ1) is 7.88. The Morgan fingerprint density at radius 3 is 3.19 bits per heavy atom. The van der Waals surface area contributed by atoms with Crippen molar-refractivity contribution < 1.29 is 4.74 Å². The third kappa shape index (κ3) is 1.36. The van der Waals surface area contributed by atoms with Crippen LogP contribution in [0.25, 0.3) is 11.4 Å². The van der Waals surface area contributed by atoms with Crippen LogP contribution in [-0.4, -0.2) is 27.3 Å². The molecule has 0 bridgehead atoms. The third-order valence-corrected chi connectivity index (χ3v) is 2.90. The van der Waals surface area contributed by atoms with Crippen LogP contribution < -0.4 is 4.74 Å². The Kier molecular flexibility index (Phi) is 2.09. The summed E-state index contributed by atoms with van der Waals surface area (Å²) in [5.41, 5.74) is 2.37. The van der Waals surface area contributed by atoms with Crippen molar-refractivity contribution >= 4 is 0 Å². The Morgan fingerprint density at radius 2 is 2.31 bits per heavy atom. The van der Waals surface area contributed by atoms with E-state index in [0.717, 1.165) is 36.5 Å². The van der Waals surface area contributed by atoms with E-state index in [4.69, 9.17) is 4.74 Å². The van der Waals surface area contributed by atoms with E-state index in [-0.39, 0.29) is 0 Å². The average Bonchev–Trinajstić information content (AvgIpc) is 2.71. The lowest BCUT2D eigenvalue weighted by Gasteiger charge is -2.06. The number of ether oxygens (including phenoxy) is 1. The van der Waals surface area contributed by atoms with Gasteiger partial charge in [-0.05, 0) is 47.0 Å². The summed E-state index contributed by atoms with van der Waals surface area (Å²) in [7, 11) is 1.68. The van der Waals surface area contributed by atoms with Crippen LogP contribution in [-0.2, 0) is 13.0 Å². The fourth-order valence-electron chi connectivity index (χ4n) is 2.09. The molecule has 3 rings (SSSR count). The summed E-state index contributed by atoms with van der Waals surface area (Å²) in [5.74, 6) is 1.75. The normalized spacial score (nSPS) is 13.8. The van der Waals surface area contributed by atoms with E-state index in [1.807, 2.05) is 16.8 Å². The number of fused-ring (bicyclic) bond motifs is 3. The fraction of sp³-hybridized carbons (Fsp3) is 0.364. The van der Waals surface area contributed by atoms with Gasteiger partial charge in [0.05, 0.1) is 7.11 Å². The lowest BCUT2D eigenvalue weighted by atomic mass is 10.0. The van der Waals surface area contributed by atoms with Gasteiger partial charge in [0.25, 0.3) is 0 Å². The lowest BCUT2D eigenvalue weighted by molar-refractivity contribution is 0.414. The summed E-state index contributed by atoms with van der Waals surface area (Å²) in [6.45, 7) is 0.874. The Hall–Kier alpha value is -1.91. The molecule has 0 N–H and O–H groups in total. The van der Waals surface area contributed by atoms with Gasteiger partial charge in [0.2, 0.25) is 0 Å². The molecule has 16 heavy (non-hydrogen) atoms. The molecule has 0 radical (unpaired) electrons.